The van der Waals surface area contributed by atoms with Gasteiger partial charge < -0.3 is 21.5 Å². The van der Waals surface area contributed by atoms with E-state index in [1.807, 2.05) is 0 Å². The molecule has 1 aromatic carbocycles. The maximum atomic E-state index is 2.27. The number of piperidine rings is 3. The zero-order valence-corrected chi connectivity index (χ0v) is 12.0. The Hall–Kier alpha value is -0.340. The van der Waals surface area contributed by atoms with Crippen molar-refractivity contribution in [2.45, 2.75) is 25.7 Å². The van der Waals surface area contributed by atoms with Crippen LogP contribution in [0.15, 0.2) is 30.3 Å². The third-order valence-electron chi connectivity index (χ3n) is 4.75. The molecule has 3 heterocycles. The molecule has 0 aliphatic carbocycles. The quantitative estimate of drug-likeness (QED) is 0.682. The number of hydrogen-bond acceptors (Lipinski definition) is 0. The molecule has 0 aromatic heterocycles. The highest BCUT2D eigenvalue weighted by atomic mass is 79.9. The van der Waals surface area contributed by atoms with Crippen LogP contribution in [0.1, 0.15) is 24.8 Å². The number of rotatable bonds is 3. The van der Waals surface area contributed by atoms with Gasteiger partial charge in [-0.05, 0) is 30.7 Å². The first-order valence-corrected chi connectivity index (χ1v) is 6.75. The van der Waals surface area contributed by atoms with Crippen LogP contribution in [0.5, 0.6) is 0 Å². The van der Waals surface area contributed by atoms with Gasteiger partial charge in [-0.15, -0.1) is 0 Å². The van der Waals surface area contributed by atoms with Gasteiger partial charge in [0.25, 0.3) is 0 Å². The van der Waals surface area contributed by atoms with Crippen LogP contribution in [-0.2, 0) is 6.42 Å². The first-order valence-electron chi connectivity index (χ1n) is 6.75. The highest BCUT2D eigenvalue weighted by molar-refractivity contribution is 5.14. The molecule has 0 amide bonds. The molecule has 0 N–H and O–H groups in total. The molecular formula is C15H22BrN. The lowest BCUT2D eigenvalue weighted by atomic mass is 9.85. The summed E-state index contributed by atoms with van der Waals surface area (Å²) < 4.78 is 1.42. The summed E-state index contributed by atoms with van der Waals surface area (Å²) in [6.07, 6.45) is 5.75. The predicted molar refractivity (Wildman–Crippen MR) is 67.2 cm³/mol. The second-order valence-electron chi connectivity index (χ2n) is 5.70. The molecule has 0 saturated carbocycles. The van der Waals surface area contributed by atoms with Crippen LogP contribution in [0.2, 0.25) is 0 Å². The van der Waals surface area contributed by atoms with Gasteiger partial charge >= 0.3 is 0 Å². The van der Waals surface area contributed by atoms with E-state index in [1.165, 1.54) is 61.9 Å². The second-order valence-corrected chi connectivity index (χ2v) is 5.70. The smallest absolute Gasteiger partial charge is 0.0827 e. The fourth-order valence-corrected chi connectivity index (χ4v) is 3.48. The average molecular weight is 296 g/mol. The van der Waals surface area contributed by atoms with Crippen molar-refractivity contribution in [1.82, 2.24) is 0 Å². The number of halogens is 1. The van der Waals surface area contributed by atoms with E-state index in [9.17, 15) is 0 Å². The summed E-state index contributed by atoms with van der Waals surface area (Å²) in [6.45, 7) is 5.74. The minimum Gasteiger partial charge on any atom is -1.00 e. The average Bonchev–Trinajstić information content (AvgIpc) is 2.40. The third kappa shape index (κ3) is 2.92. The lowest BCUT2D eigenvalue weighted by Gasteiger charge is -2.49. The molecule has 3 fully saturated rings. The number of nitrogens with zero attached hydrogens (tertiary/aromatic N) is 1. The highest BCUT2D eigenvalue weighted by Crippen LogP contribution is 2.33. The van der Waals surface area contributed by atoms with Gasteiger partial charge in [-0.3, -0.25) is 0 Å². The molecule has 0 spiro atoms. The summed E-state index contributed by atoms with van der Waals surface area (Å²) in [5.74, 6) is 1.08. The molecule has 3 saturated heterocycles. The molecule has 2 bridgehead atoms. The zero-order valence-electron chi connectivity index (χ0n) is 10.4. The van der Waals surface area contributed by atoms with Crippen molar-refractivity contribution in [3.8, 4) is 0 Å². The van der Waals surface area contributed by atoms with Gasteiger partial charge in [0.2, 0.25) is 0 Å². The Bertz CT molecular complexity index is 327. The van der Waals surface area contributed by atoms with E-state index in [0.717, 1.165) is 5.92 Å². The van der Waals surface area contributed by atoms with Gasteiger partial charge in [-0.25, -0.2) is 0 Å². The zero-order chi connectivity index (χ0) is 10.8. The van der Waals surface area contributed by atoms with Gasteiger partial charge in [-0.1, -0.05) is 30.3 Å². The predicted octanol–water partition coefficient (Wildman–Crippen LogP) is -0.136. The largest absolute Gasteiger partial charge is 1.00 e. The van der Waals surface area contributed by atoms with E-state index in [0.29, 0.717) is 0 Å². The number of quaternary nitrogens is 1. The molecule has 0 atom stereocenters. The summed E-state index contributed by atoms with van der Waals surface area (Å²) in [6, 6.07) is 11.0. The van der Waals surface area contributed by atoms with Crippen LogP contribution in [0.3, 0.4) is 0 Å². The SMILES string of the molecule is [Br-].c1ccc(CC[N+]23CCC(CC2)CC3)cc1. The number of benzene rings is 1. The van der Waals surface area contributed by atoms with Crippen molar-refractivity contribution in [3.05, 3.63) is 35.9 Å². The maximum Gasteiger partial charge on any atom is 0.0827 e. The van der Waals surface area contributed by atoms with Crippen molar-refractivity contribution in [3.63, 3.8) is 0 Å². The molecule has 4 rings (SSSR count). The topological polar surface area (TPSA) is 0 Å². The van der Waals surface area contributed by atoms with Crippen molar-refractivity contribution in [1.29, 1.82) is 0 Å². The Labute approximate surface area is 115 Å². The number of hydrogen-bond donors (Lipinski definition) is 0. The van der Waals surface area contributed by atoms with Gasteiger partial charge in [0.1, 0.15) is 0 Å². The monoisotopic (exact) mass is 295 g/mol. The molecular weight excluding hydrogens is 274 g/mol. The Morgan fingerprint density at radius 3 is 2.12 bits per heavy atom. The van der Waals surface area contributed by atoms with E-state index in [2.05, 4.69) is 30.3 Å². The van der Waals surface area contributed by atoms with Crippen LogP contribution in [0.25, 0.3) is 0 Å². The molecule has 1 aromatic rings. The van der Waals surface area contributed by atoms with Crippen LogP contribution < -0.4 is 17.0 Å². The van der Waals surface area contributed by atoms with E-state index in [4.69, 9.17) is 0 Å². The molecule has 2 heteroatoms. The van der Waals surface area contributed by atoms with Crippen LogP contribution in [0.4, 0.5) is 0 Å². The lowest BCUT2D eigenvalue weighted by Crippen LogP contribution is -3.00. The van der Waals surface area contributed by atoms with Crippen LogP contribution in [0, 0.1) is 5.92 Å². The summed E-state index contributed by atoms with van der Waals surface area (Å²) in [5.41, 5.74) is 1.52. The third-order valence-corrected chi connectivity index (χ3v) is 4.75. The van der Waals surface area contributed by atoms with Gasteiger partial charge in [-0.2, -0.15) is 0 Å². The first kappa shape index (κ1) is 13.1. The lowest BCUT2D eigenvalue weighted by molar-refractivity contribution is -0.942. The van der Waals surface area contributed by atoms with Crippen molar-refractivity contribution >= 4 is 0 Å². The fourth-order valence-electron chi connectivity index (χ4n) is 3.48. The maximum absolute atomic E-state index is 2.27. The van der Waals surface area contributed by atoms with E-state index in [-0.39, 0.29) is 17.0 Å². The summed E-state index contributed by atoms with van der Waals surface area (Å²) >= 11 is 0. The Morgan fingerprint density at radius 1 is 0.941 bits per heavy atom. The van der Waals surface area contributed by atoms with E-state index in [1.54, 1.807) is 0 Å². The van der Waals surface area contributed by atoms with Crippen molar-refractivity contribution < 1.29 is 21.5 Å². The minimum absolute atomic E-state index is 0. The normalized spacial score (nSPS) is 30.9. The Kier molecular flexibility index (Phi) is 4.26. The van der Waals surface area contributed by atoms with Gasteiger partial charge in [0.15, 0.2) is 0 Å². The standard InChI is InChI=1S/C15H22N.BrH/c1-2-4-14(5-3-1)6-10-16-11-7-15(8-12-16)9-13-16;/h1-5,15H,6-13H2;1H/q+1;/p-1. The van der Waals surface area contributed by atoms with E-state index < -0.39 is 0 Å². The summed E-state index contributed by atoms with van der Waals surface area (Å²) in [7, 11) is 0. The van der Waals surface area contributed by atoms with Crippen molar-refractivity contribution in [2.24, 2.45) is 5.92 Å². The Morgan fingerprint density at radius 2 is 1.53 bits per heavy atom. The number of fused-ring (bicyclic) bond motifs is 3. The summed E-state index contributed by atoms with van der Waals surface area (Å²) in [4.78, 5) is 0. The molecule has 0 radical (unpaired) electrons. The molecule has 17 heavy (non-hydrogen) atoms. The molecule has 3 aliphatic rings. The molecule has 1 nitrogen and oxygen atoms in total. The van der Waals surface area contributed by atoms with Gasteiger partial charge in [0.05, 0.1) is 26.2 Å². The second kappa shape index (κ2) is 5.53. The Balaban J connectivity index is 0.00000108. The highest BCUT2D eigenvalue weighted by Gasteiger charge is 2.38. The van der Waals surface area contributed by atoms with Gasteiger partial charge in [0, 0.05) is 6.42 Å². The fraction of sp³-hybridized carbons (Fsp3) is 0.600. The minimum atomic E-state index is 0. The van der Waals surface area contributed by atoms with E-state index >= 15 is 0 Å². The summed E-state index contributed by atoms with van der Waals surface area (Å²) in [5, 5.41) is 0. The molecule has 3 aliphatic heterocycles. The first-order chi connectivity index (χ1) is 7.86. The van der Waals surface area contributed by atoms with Crippen LogP contribution >= 0.6 is 0 Å². The van der Waals surface area contributed by atoms with Crippen molar-refractivity contribution in [2.75, 3.05) is 26.2 Å². The molecule has 0 unspecified atom stereocenters. The van der Waals surface area contributed by atoms with Crippen LogP contribution in [-0.4, -0.2) is 30.7 Å². The molecule has 94 valence electrons.